The maximum absolute atomic E-state index is 5.70. The van der Waals surface area contributed by atoms with Crippen LogP contribution in [0.25, 0.3) is 0 Å². The van der Waals surface area contributed by atoms with Crippen LogP contribution in [0, 0.1) is 5.92 Å². The van der Waals surface area contributed by atoms with Crippen LogP contribution in [-0.4, -0.2) is 25.5 Å². The first-order valence-corrected chi connectivity index (χ1v) is 5.35. The zero-order valence-corrected chi connectivity index (χ0v) is 8.08. The smallest absolute Gasteiger partial charge is 0.157 e. The van der Waals surface area contributed by atoms with E-state index in [1.165, 1.54) is 19.3 Å². The van der Waals surface area contributed by atoms with E-state index < -0.39 is 0 Å². The van der Waals surface area contributed by atoms with Gasteiger partial charge >= 0.3 is 0 Å². The molecule has 0 radical (unpaired) electrons. The molecule has 0 amide bonds. The van der Waals surface area contributed by atoms with E-state index in [1.54, 1.807) is 0 Å². The van der Waals surface area contributed by atoms with Crippen LogP contribution in [0.4, 0.5) is 0 Å². The third-order valence-electron chi connectivity index (χ3n) is 2.91. The summed E-state index contributed by atoms with van der Waals surface area (Å²) in [6.07, 6.45) is 5.87. The molecule has 2 aliphatic rings. The summed E-state index contributed by atoms with van der Waals surface area (Å²) >= 11 is 0. The quantitative estimate of drug-likeness (QED) is 0.717. The van der Waals surface area contributed by atoms with Crippen molar-refractivity contribution < 1.29 is 9.47 Å². The number of hydrogen-bond donors (Lipinski definition) is 1. The molecule has 3 heteroatoms. The van der Waals surface area contributed by atoms with E-state index in [2.05, 4.69) is 0 Å². The highest BCUT2D eigenvalue weighted by Gasteiger charge is 2.32. The fourth-order valence-electron chi connectivity index (χ4n) is 1.80. The van der Waals surface area contributed by atoms with Gasteiger partial charge in [0.25, 0.3) is 0 Å². The Labute approximate surface area is 79.6 Å². The van der Waals surface area contributed by atoms with Gasteiger partial charge in [0.05, 0.1) is 6.61 Å². The Balaban J connectivity index is 1.51. The van der Waals surface area contributed by atoms with E-state index in [9.17, 15) is 0 Å². The first kappa shape index (κ1) is 9.44. The number of ether oxygens (including phenoxy) is 2. The minimum Gasteiger partial charge on any atom is -0.353 e. The van der Waals surface area contributed by atoms with Crippen LogP contribution in [0.3, 0.4) is 0 Å². The van der Waals surface area contributed by atoms with Crippen molar-refractivity contribution in [2.45, 2.75) is 44.4 Å². The van der Waals surface area contributed by atoms with Crippen molar-refractivity contribution in [2.75, 3.05) is 13.2 Å². The van der Waals surface area contributed by atoms with Crippen molar-refractivity contribution in [2.24, 2.45) is 11.7 Å². The molecule has 1 saturated heterocycles. The second-order valence-corrected chi connectivity index (χ2v) is 4.12. The van der Waals surface area contributed by atoms with Crippen molar-refractivity contribution in [1.82, 2.24) is 0 Å². The van der Waals surface area contributed by atoms with Crippen molar-refractivity contribution >= 4 is 0 Å². The summed E-state index contributed by atoms with van der Waals surface area (Å²) < 4.78 is 11.1. The lowest BCUT2D eigenvalue weighted by molar-refractivity contribution is -0.163. The normalized spacial score (nSPS) is 39.0. The van der Waals surface area contributed by atoms with E-state index in [1.807, 2.05) is 0 Å². The molecule has 2 fully saturated rings. The van der Waals surface area contributed by atoms with Gasteiger partial charge in [-0.25, -0.2) is 0 Å². The highest BCUT2D eigenvalue weighted by Crippen LogP contribution is 2.31. The lowest BCUT2D eigenvalue weighted by atomic mass is 10.2. The molecule has 1 heterocycles. The fraction of sp³-hybridized carbons (Fsp3) is 1.00. The van der Waals surface area contributed by atoms with Crippen LogP contribution in [0.2, 0.25) is 0 Å². The standard InChI is InChI=1S/C10H19NO2/c11-9-7-8(9)4-6-13-10-3-1-2-5-12-10/h8-10H,1-7,11H2/t8-,9-,10?/m1/s1. The van der Waals surface area contributed by atoms with Crippen LogP contribution in [0.1, 0.15) is 32.1 Å². The predicted molar refractivity (Wildman–Crippen MR) is 50.2 cm³/mol. The Morgan fingerprint density at radius 2 is 2.23 bits per heavy atom. The number of hydrogen-bond acceptors (Lipinski definition) is 3. The van der Waals surface area contributed by atoms with E-state index in [0.717, 1.165) is 32.0 Å². The minimum absolute atomic E-state index is 0.0729. The number of nitrogens with two attached hydrogens (primary N) is 1. The summed E-state index contributed by atoms with van der Waals surface area (Å²) in [6.45, 7) is 1.69. The van der Waals surface area contributed by atoms with Gasteiger partial charge in [0.2, 0.25) is 0 Å². The van der Waals surface area contributed by atoms with Gasteiger partial charge in [0, 0.05) is 12.6 Å². The largest absolute Gasteiger partial charge is 0.353 e. The molecule has 0 aromatic rings. The number of rotatable bonds is 4. The Bertz CT molecular complexity index is 157. The van der Waals surface area contributed by atoms with Gasteiger partial charge in [-0.2, -0.15) is 0 Å². The van der Waals surface area contributed by atoms with Crippen LogP contribution in [-0.2, 0) is 9.47 Å². The van der Waals surface area contributed by atoms with Crippen molar-refractivity contribution in [3.05, 3.63) is 0 Å². The summed E-state index contributed by atoms with van der Waals surface area (Å²) in [5.41, 5.74) is 5.70. The molecule has 76 valence electrons. The van der Waals surface area contributed by atoms with Gasteiger partial charge < -0.3 is 15.2 Å². The van der Waals surface area contributed by atoms with E-state index in [4.69, 9.17) is 15.2 Å². The third kappa shape index (κ3) is 2.93. The van der Waals surface area contributed by atoms with Crippen LogP contribution in [0.15, 0.2) is 0 Å². The highest BCUT2D eigenvalue weighted by atomic mass is 16.7. The monoisotopic (exact) mass is 185 g/mol. The molecule has 3 atom stereocenters. The molecule has 1 saturated carbocycles. The zero-order valence-electron chi connectivity index (χ0n) is 8.08. The average Bonchev–Trinajstić information content (AvgIpc) is 2.84. The van der Waals surface area contributed by atoms with Gasteiger partial charge in [0.15, 0.2) is 6.29 Å². The second kappa shape index (κ2) is 4.40. The minimum atomic E-state index is 0.0729. The van der Waals surface area contributed by atoms with Crippen molar-refractivity contribution in [1.29, 1.82) is 0 Å². The summed E-state index contributed by atoms with van der Waals surface area (Å²) in [5, 5.41) is 0. The molecular formula is C10H19NO2. The Hall–Kier alpha value is -0.120. The zero-order chi connectivity index (χ0) is 9.10. The van der Waals surface area contributed by atoms with E-state index >= 15 is 0 Å². The van der Waals surface area contributed by atoms with Crippen LogP contribution < -0.4 is 5.73 Å². The predicted octanol–water partition coefficient (Wildman–Crippen LogP) is 1.27. The van der Waals surface area contributed by atoms with Gasteiger partial charge in [-0.05, 0) is 38.0 Å². The molecule has 1 aliphatic carbocycles. The molecule has 2 N–H and O–H groups in total. The molecule has 0 bridgehead atoms. The molecule has 0 aromatic carbocycles. The lowest BCUT2D eigenvalue weighted by Gasteiger charge is -2.22. The summed E-state index contributed by atoms with van der Waals surface area (Å²) in [5.74, 6) is 0.726. The van der Waals surface area contributed by atoms with E-state index in [-0.39, 0.29) is 6.29 Å². The fourth-order valence-corrected chi connectivity index (χ4v) is 1.80. The molecule has 1 unspecified atom stereocenters. The van der Waals surface area contributed by atoms with Crippen LogP contribution >= 0.6 is 0 Å². The Morgan fingerprint density at radius 1 is 1.38 bits per heavy atom. The Kier molecular flexibility index (Phi) is 3.19. The summed E-state index contributed by atoms with van der Waals surface area (Å²) in [4.78, 5) is 0. The molecule has 1 aliphatic heterocycles. The molecular weight excluding hydrogens is 166 g/mol. The lowest BCUT2D eigenvalue weighted by Crippen LogP contribution is -2.23. The van der Waals surface area contributed by atoms with Gasteiger partial charge in [-0.1, -0.05) is 0 Å². The average molecular weight is 185 g/mol. The molecule has 0 spiro atoms. The molecule has 0 aromatic heterocycles. The molecule has 13 heavy (non-hydrogen) atoms. The van der Waals surface area contributed by atoms with Crippen LogP contribution in [0.5, 0.6) is 0 Å². The summed E-state index contributed by atoms with van der Waals surface area (Å²) in [7, 11) is 0. The second-order valence-electron chi connectivity index (χ2n) is 4.12. The third-order valence-corrected chi connectivity index (χ3v) is 2.91. The highest BCUT2D eigenvalue weighted by molar-refractivity contribution is 4.89. The van der Waals surface area contributed by atoms with Gasteiger partial charge in [0.1, 0.15) is 0 Å². The van der Waals surface area contributed by atoms with Crippen molar-refractivity contribution in [3.63, 3.8) is 0 Å². The maximum Gasteiger partial charge on any atom is 0.157 e. The van der Waals surface area contributed by atoms with Gasteiger partial charge in [-0.3, -0.25) is 0 Å². The Morgan fingerprint density at radius 3 is 2.85 bits per heavy atom. The topological polar surface area (TPSA) is 44.5 Å². The summed E-state index contributed by atoms with van der Waals surface area (Å²) in [6, 6.07) is 0.455. The first-order chi connectivity index (χ1) is 6.36. The maximum atomic E-state index is 5.70. The molecule has 3 nitrogen and oxygen atoms in total. The first-order valence-electron chi connectivity index (χ1n) is 5.35. The SMILES string of the molecule is N[C@@H]1C[C@H]1CCOC1CCCCO1. The van der Waals surface area contributed by atoms with Gasteiger partial charge in [-0.15, -0.1) is 0 Å². The van der Waals surface area contributed by atoms with E-state index in [0.29, 0.717) is 6.04 Å². The molecule has 2 rings (SSSR count). The van der Waals surface area contributed by atoms with Crippen molar-refractivity contribution in [3.8, 4) is 0 Å².